The Kier molecular flexibility index (Phi) is 3.19. The lowest BCUT2D eigenvalue weighted by molar-refractivity contribution is 1.31. The van der Waals surface area contributed by atoms with Crippen LogP contribution in [0.2, 0.25) is 0 Å². The van der Waals surface area contributed by atoms with Crippen LogP contribution in [0, 0.1) is 0 Å². The molecule has 0 aromatic heterocycles. The van der Waals surface area contributed by atoms with E-state index in [0.717, 1.165) is 58.1 Å². The fourth-order valence-electron chi connectivity index (χ4n) is 3.66. The number of nitrogens with zero attached hydrogens (tertiary/aromatic N) is 2. The van der Waals surface area contributed by atoms with Crippen molar-refractivity contribution in [3.8, 4) is 0 Å². The molecule has 0 unspecified atom stereocenters. The van der Waals surface area contributed by atoms with Gasteiger partial charge in [0, 0.05) is 24.2 Å². The molecule has 0 fully saturated rings. The molecule has 126 valence electrons. The Bertz CT molecular complexity index is 1020. The molecule has 2 aliphatic rings. The Morgan fingerprint density at radius 1 is 0.615 bits per heavy atom. The number of benzene rings is 3. The fourth-order valence-corrected chi connectivity index (χ4v) is 3.66. The van der Waals surface area contributed by atoms with Crippen molar-refractivity contribution in [3.05, 3.63) is 82.9 Å². The normalized spacial score (nSPS) is 14.6. The van der Waals surface area contributed by atoms with Crippen LogP contribution in [-0.2, 0) is 12.8 Å². The molecule has 2 heterocycles. The number of hydrogen-bond donors (Lipinski definition) is 2. The molecular weight excluding hydrogens is 320 g/mol. The van der Waals surface area contributed by atoms with Gasteiger partial charge in [0.2, 0.25) is 0 Å². The van der Waals surface area contributed by atoms with Gasteiger partial charge in [0.05, 0.1) is 22.8 Å². The molecule has 3 aromatic rings. The maximum absolute atomic E-state index is 5.91. The largest absolute Gasteiger partial charge is 0.399 e. The minimum absolute atomic E-state index is 0.764. The molecule has 3 aromatic carbocycles. The predicted octanol–water partition coefficient (Wildman–Crippen LogP) is 4.20. The van der Waals surface area contributed by atoms with E-state index in [4.69, 9.17) is 21.5 Å². The van der Waals surface area contributed by atoms with Crippen LogP contribution in [0.4, 0.5) is 22.7 Å². The third-order valence-corrected chi connectivity index (χ3v) is 4.95. The highest BCUT2D eigenvalue weighted by Gasteiger charge is 2.23. The van der Waals surface area contributed by atoms with Gasteiger partial charge in [-0.05, 0) is 52.6 Å². The van der Waals surface area contributed by atoms with Gasteiger partial charge in [-0.15, -0.1) is 0 Å². The second-order valence-electron chi connectivity index (χ2n) is 6.83. The lowest BCUT2D eigenvalue weighted by Crippen LogP contribution is -2.02. The molecule has 5 rings (SSSR count). The molecule has 4 nitrogen and oxygen atoms in total. The van der Waals surface area contributed by atoms with Crippen LogP contribution in [0.1, 0.15) is 22.3 Å². The third kappa shape index (κ3) is 2.47. The maximum atomic E-state index is 5.91. The average molecular weight is 338 g/mol. The van der Waals surface area contributed by atoms with Gasteiger partial charge in [0.25, 0.3) is 0 Å². The summed E-state index contributed by atoms with van der Waals surface area (Å²) in [7, 11) is 0. The van der Waals surface area contributed by atoms with Crippen LogP contribution in [0.25, 0.3) is 0 Å². The van der Waals surface area contributed by atoms with Crippen LogP contribution in [0.3, 0.4) is 0 Å². The number of anilines is 2. The van der Waals surface area contributed by atoms with Gasteiger partial charge in [-0.2, -0.15) is 0 Å². The van der Waals surface area contributed by atoms with Crippen molar-refractivity contribution in [2.75, 3.05) is 11.5 Å². The summed E-state index contributed by atoms with van der Waals surface area (Å²) in [4.78, 5) is 9.65. The van der Waals surface area contributed by atoms with E-state index in [-0.39, 0.29) is 0 Å². The Morgan fingerprint density at radius 2 is 1.12 bits per heavy atom. The molecular formula is C22H18N4. The second-order valence-corrected chi connectivity index (χ2v) is 6.83. The molecule has 26 heavy (non-hydrogen) atoms. The van der Waals surface area contributed by atoms with Crippen molar-refractivity contribution >= 4 is 34.2 Å². The Hall–Kier alpha value is -3.40. The topological polar surface area (TPSA) is 76.8 Å². The van der Waals surface area contributed by atoms with Gasteiger partial charge >= 0.3 is 0 Å². The molecule has 0 atom stereocenters. The van der Waals surface area contributed by atoms with E-state index in [1.54, 1.807) is 0 Å². The van der Waals surface area contributed by atoms with Gasteiger partial charge in [0.1, 0.15) is 0 Å². The summed E-state index contributed by atoms with van der Waals surface area (Å²) in [5.41, 5.74) is 22.2. The Labute approximate surface area is 151 Å². The average Bonchev–Trinajstić information content (AvgIpc) is 3.22. The zero-order valence-electron chi connectivity index (χ0n) is 14.2. The van der Waals surface area contributed by atoms with Crippen molar-refractivity contribution in [1.29, 1.82) is 0 Å². The minimum atomic E-state index is 0.764. The summed E-state index contributed by atoms with van der Waals surface area (Å²) in [5.74, 6) is 0. The summed E-state index contributed by atoms with van der Waals surface area (Å²) in [5, 5.41) is 0. The van der Waals surface area contributed by atoms with Crippen molar-refractivity contribution in [2.24, 2.45) is 9.98 Å². The first-order valence-corrected chi connectivity index (χ1v) is 8.68. The van der Waals surface area contributed by atoms with Crippen molar-refractivity contribution < 1.29 is 0 Å². The van der Waals surface area contributed by atoms with Crippen LogP contribution < -0.4 is 11.5 Å². The zero-order valence-corrected chi connectivity index (χ0v) is 14.2. The van der Waals surface area contributed by atoms with Gasteiger partial charge in [-0.25, -0.2) is 0 Å². The van der Waals surface area contributed by atoms with E-state index in [1.807, 2.05) is 36.4 Å². The number of nitrogen functional groups attached to an aromatic ring is 2. The second kappa shape index (κ2) is 5.56. The highest BCUT2D eigenvalue weighted by molar-refractivity contribution is 6.09. The van der Waals surface area contributed by atoms with Crippen LogP contribution in [-0.4, -0.2) is 11.4 Å². The highest BCUT2D eigenvalue weighted by Crippen LogP contribution is 2.39. The van der Waals surface area contributed by atoms with Crippen LogP contribution >= 0.6 is 0 Å². The summed E-state index contributed by atoms with van der Waals surface area (Å²) >= 11 is 0. The van der Waals surface area contributed by atoms with Gasteiger partial charge in [-0.1, -0.05) is 30.3 Å². The van der Waals surface area contributed by atoms with Crippen molar-refractivity contribution in [1.82, 2.24) is 0 Å². The molecule has 2 aliphatic heterocycles. The van der Waals surface area contributed by atoms with Crippen LogP contribution in [0.5, 0.6) is 0 Å². The van der Waals surface area contributed by atoms with Gasteiger partial charge < -0.3 is 11.5 Å². The molecule has 4 heteroatoms. The molecule has 0 bridgehead atoms. The molecule has 0 saturated carbocycles. The minimum Gasteiger partial charge on any atom is -0.399 e. The summed E-state index contributed by atoms with van der Waals surface area (Å²) in [6.45, 7) is 0. The van der Waals surface area contributed by atoms with Crippen LogP contribution in [0.15, 0.2) is 70.6 Å². The quantitative estimate of drug-likeness (QED) is 0.687. The number of hydrogen-bond acceptors (Lipinski definition) is 4. The number of fused-ring (bicyclic) bond motifs is 2. The first-order chi connectivity index (χ1) is 12.7. The fraction of sp³-hybridized carbons (Fsp3) is 0.0909. The summed E-state index contributed by atoms with van der Waals surface area (Å²) in [6, 6.07) is 20.2. The lowest BCUT2D eigenvalue weighted by Gasteiger charge is -2.03. The highest BCUT2D eigenvalue weighted by atomic mass is 14.8. The number of nitrogens with two attached hydrogens (primary N) is 2. The molecule has 0 radical (unpaired) electrons. The van der Waals surface area contributed by atoms with E-state index in [2.05, 4.69) is 24.3 Å². The molecule has 0 amide bonds. The predicted molar refractivity (Wildman–Crippen MR) is 108 cm³/mol. The number of aliphatic imine (C=N–C) groups is 2. The lowest BCUT2D eigenvalue weighted by atomic mass is 9.99. The van der Waals surface area contributed by atoms with E-state index in [1.165, 1.54) is 11.1 Å². The molecule has 0 spiro atoms. The summed E-state index contributed by atoms with van der Waals surface area (Å²) < 4.78 is 0. The molecule has 4 N–H and O–H groups in total. The standard InChI is InChI=1S/C22H18N4/c23-17-5-1-3-13(8-17)19-10-15-7-16-11-20(14-4-2-6-18(24)9-14)26-22(16)12-21(15)25-19/h1-9,12H,10-11,23-24H2. The van der Waals surface area contributed by atoms with Crippen molar-refractivity contribution in [2.45, 2.75) is 12.8 Å². The van der Waals surface area contributed by atoms with E-state index >= 15 is 0 Å². The first-order valence-electron chi connectivity index (χ1n) is 8.68. The van der Waals surface area contributed by atoms with E-state index in [0.29, 0.717) is 0 Å². The number of rotatable bonds is 2. The van der Waals surface area contributed by atoms with Crippen molar-refractivity contribution in [3.63, 3.8) is 0 Å². The SMILES string of the molecule is Nc1cccc(C2=Nc3cc4c(cc3C2)CC(c2cccc(N)c2)=N4)c1. The molecule has 0 saturated heterocycles. The summed E-state index contributed by atoms with van der Waals surface area (Å²) in [6.07, 6.45) is 1.67. The smallest absolute Gasteiger partial charge is 0.0690 e. The van der Waals surface area contributed by atoms with Gasteiger partial charge in [0.15, 0.2) is 0 Å². The zero-order chi connectivity index (χ0) is 17.7. The van der Waals surface area contributed by atoms with E-state index in [9.17, 15) is 0 Å². The third-order valence-electron chi connectivity index (χ3n) is 4.95. The first kappa shape index (κ1) is 14.9. The maximum Gasteiger partial charge on any atom is 0.0690 e. The monoisotopic (exact) mass is 338 g/mol. The molecule has 0 aliphatic carbocycles. The Morgan fingerprint density at radius 3 is 1.58 bits per heavy atom. The van der Waals surface area contributed by atoms with Gasteiger partial charge in [-0.3, -0.25) is 9.98 Å². The van der Waals surface area contributed by atoms with E-state index < -0.39 is 0 Å². The Balaban J connectivity index is 1.50.